The number of hydrogen-bond donors (Lipinski definition) is 1. The molecule has 0 aromatic heterocycles. The lowest BCUT2D eigenvalue weighted by molar-refractivity contribution is 0.327. The van der Waals surface area contributed by atoms with Gasteiger partial charge in [0.1, 0.15) is 0 Å². The molecule has 0 aromatic carbocycles. The predicted molar refractivity (Wildman–Crippen MR) is 52.2 cm³/mol. The Morgan fingerprint density at radius 1 is 1.45 bits per heavy atom. The van der Waals surface area contributed by atoms with Crippen LogP contribution in [0.25, 0.3) is 0 Å². The Bertz CT molecular complexity index is 104. The average Bonchev–Trinajstić information content (AvgIpc) is 1.84. The van der Waals surface area contributed by atoms with Gasteiger partial charge in [0.25, 0.3) is 0 Å². The average molecular weight is 175 g/mol. The van der Waals surface area contributed by atoms with Gasteiger partial charge in [-0.25, -0.2) is 0 Å². The zero-order valence-corrected chi connectivity index (χ0v) is 9.18. The van der Waals surface area contributed by atoms with E-state index in [2.05, 4.69) is 26.9 Å². The maximum atomic E-state index is 5.66. The lowest BCUT2D eigenvalue weighted by Gasteiger charge is -2.22. The molecule has 0 amide bonds. The molecular weight excluding hydrogens is 154 g/mol. The minimum absolute atomic E-state index is 0.322. The van der Waals surface area contributed by atoms with E-state index in [0.29, 0.717) is 6.04 Å². The molecule has 0 bridgehead atoms. The van der Waals surface area contributed by atoms with Crippen molar-refractivity contribution >= 4 is 8.32 Å². The summed E-state index contributed by atoms with van der Waals surface area (Å²) in [6, 6.07) is 1.50. The molecule has 2 nitrogen and oxygen atoms in total. The molecule has 0 heterocycles. The smallest absolute Gasteiger partial charge is 0.186 e. The van der Waals surface area contributed by atoms with Crippen LogP contribution >= 0.6 is 0 Å². The molecule has 0 aliphatic rings. The Hall–Kier alpha value is 0.137. The third-order valence-corrected chi connectivity index (χ3v) is 4.30. The van der Waals surface area contributed by atoms with E-state index in [1.54, 1.807) is 0 Å². The summed E-state index contributed by atoms with van der Waals surface area (Å²) in [7, 11) is -1.35. The number of hydrogen-bond acceptors (Lipinski definition) is 2. The van der Waals surface area contributed by atoms with Crippen LogP contribution in [-0.4, -0.2) is 21.0 Å². The third kappa shape index (κ3) is 6.53. The van der Waals surface area contributed by atoms with Crippen molar-refractivity contribution in [3.63, 3.8) is 0 Å². The second-order valence-electron chi connectivity index (χ2n) is 3.71. The SMILES string of the molecule is CCO[Si](C)(C)CCC(C)N. The summed E-state index contributed by atoms with van der Waals surface area (Å²) >= 11 is 0. The van der Waals surface area contributed by atoms with Gasteiger partial charge in [-0.05, 0) is 39.4 Å². The van der Waals surface area contributed by atoms with Crippen molar-refractivity contribution in [2.24, 2.45) is 5.73 Å². The van der Waals surface area contributed by atoms with Gasteiger partial charge in [0.15, 0.2) is 8.32 Å². The molecule has 0 aromatic rings. The van der Waals surface area contributed by atoms with Crippen LogP contribution in [-0.2, 0) is 4.43 Å². The summed E-state index contributed by atoms with van der Waals surface area (Å²) in [5, 5.41) is 0. The van der Waals surface area contributed by atoms with E-state index < -0.39 is 8.32 Å². The van der Waals surface area contributed by atoms with Gasteiger partial charge >= 0.3 is 0 Å². The van der Waals surface area contributed by atoms with E-state index in [-0.39, 0.29) is 0 Å². The Morgan fingerprint density at radius 3 is 2.36 bits per heavy atom. The minimum atomic E-state index is -1.35. The van der Waals surface area contributed by atoms with Crippen molar-refractivity contribution in [3.8, 4) is 0 Å². The van der Waals surface area contributed by atoms with E-state index >= 15 is 0 Å². The van der Waals surface area contributed by atoms with E-state index in [1.807, 2.05) is 0 Å². The van der Waals surface area contributed by atoms with E-state index in [0.717, 1.165) is 13.0 Å². The molecular formula is C8H21NOSi. The molecule has 0 aliphatic heterocycles. The van der Waals surface area contributed by atoms with Gasteiger partial charge < -0.3 is 10.2 Å². The van der Waals surface area contributed by atoms with E-state index in [1.165, 1.54) is 6.04 Å². The second kappa shape index (κ2) is 4.90. The van der Waals surface area contributed by atoms with Crippen LogP contribution in [0.4, 0.5) is 0 Å². The molecule has 0 radical (unpaired) electrons. The zero-order valence-electron chi connectivity index (χ0n) is 8.18. The summed E-state index contributed by atoms with van der Waals surface area (Å²) in [5.41, 5.74) is 5.66. The Labute approximate surface area is 71.3 Å². The first kappa shape index (κ1) is 11.1. The first-order chi connectivity index (χ1) is 4.98. The molecule has 3 heteroatoms. The van der Waals surface area contributed by atoms with Crippen molar-refractivity contribution in [1.82, 2.24) is 0 Å². The van der Waals surface area contributed by atoms with Gasteiger partial charge in [0.2, 0.25) is 0 Å². The van der Waals surface area contributed by atoms with Gasteiger partial charge in [-0.2, -0.15) is 0 Å². The van der Waals surface area contributed by atoms with Crippen LogP contribution in [0.2, 0.25) is 19.1 Å². The monoisotopic (exact) mass is 175 g/mol. The van der Waals surface area contributed by atoms with Crippen LogP contribution in [0, 0.1) is 0 Å². The topological polar surface area (TPSA) is 35.2 Å². The van der Waals surface area contributed by atoms with Crippen LogP contribution in [0.15, 0.2) is 0 Å². The van der Waals surface area contributed by atoms with Crippen molar-refractivity contribution in [2.45, 2.75) is 45.4 Å². The minimum Gasteiger partial charge on any atom is -0.418 e. The molecule has 0 spiro atoms. The third-order valence-electron chi connectivity index (χ3n) is 1.74. The Kier molecular flexibility index (Phi) is 4.96. The van der Waals surface area contributed by atoms with Gasteiger partial charge in [0.05, 0.1) is 0 Å². The molecule has 0 fully saturated rings. The summed E-state index contributed by atoms with van der Waals surface area (Å²) in [5.74, 6) is 0. The standard InChI is InChI=1S/C8H21NOSi/c1-5-10-11(3,4)7-6-8(2)9/h8H,5-7,9H2,1-4H3. The molecule has 0 rings (SSSR count). The summed E-state index contributed by atoms with van der Waals surface area (Å²) in [4.78, 5) is 0. The van der Waals surface area contributed by atoms with Crippen molar-refractivity contribution in [1.29, 1.82) is 0 Å². The van der Waals surface area contributed by atoms with Crippen LogP contribution < -0.4 is 5.73 Å². The first-order valence-corrected chi connectivity index (χ1v) is 7.49. The van der Waals surface area contributed by atoms with Crippen molar-refractivity contribution < 1.29 is 4.43 Å². The highest BCUT2D eigenvalue weighted by atomic mass is 28.4. The molecule has 0 aliphatic carbocycles. The fraction of sp³-hybridized carbons (Fsp3) is 1.00. The molecule has 0 saturated carbocycles. The van der Waals surface area contributed by atoms with Crippen molar-refractivity contribution in [2.75, 3.05) is 6.61 Å². The molecule has 1 unspecified atom stereocenters. The largest absolute Gasteiger partial charge is 0.418 e. The molecule has 2 N–H and O–H groups in total. The maximum Gasteiger partial charge on any atom is 0.186 e. The summed E-state index contributed by atoms with van der Waals surface area (Å²) in [6.07, 6.45) is 1.10. The van der Waals surface area contributed by atoms with Crippen LogP contribution in [0.3, 0.4) is 0 Å². The maximum absolute atomic E-state index is 5.66. The molecule has 0 saturated heterocycles. The second-order valence-corrected chi connectivity index (χ2v) is 8.02. The highest BCUT2D eigenvalue weighted by Crippen LogP contribution is 2.14. The van der Waals surface area contributed by atoms with Crippen LogP contribution in [0.1, 0.15) is 20.3 Å². The molecule has 68 valence electrons. The molecule has 1 atom stereocenters. The lowest BCUT2D eigenvalue weighted by atomic mass is 10.3. The van der Waals surface area contributed by atoms with Gasteiger partial charge in [0, 0.05) is 12.6 Å². The predicted octanol–water partition coefficient (Wildman–Crippen LogP) is 1.97. The van der Waals surface area contributed by atoms with Gasteiger partial charge in [-0.1, -0.05) is 0 Å². The van der Waals surface area contributed by atoms with Gasteiger partial charge in [-0.3, -0.25) is 0 Å². The van der Waals surface area contributed by atoms with Gasteiger partial charge in [-0.15, -0.1) is 0 Å². The number of nitrogens with two attached hydrogens (primary N) is 1. The van der Waals surface area contributed by atoms with Crippen molar-refractivity contribution in [3.05, 3.63) is 0 Å². The van der Waals surface area contributed by atoms with Crippen LogP contribution in [0.5, 0.6) is 0 Å². The van der Waals surface area contributed by atoms with E-state index in [4.69, 9.17) is 10.2 Å². The Balaban J connectivity index is 3.54. The normalized spacial score (nSPS) is 15.0. The summed E-state index contributed by atoms with van der Waals surface area (Å²) < 4.78 is 5.66. The quantitative estimate of drug-likeness (QED) is 0.648. The fourth-order valence-electron chi connectivity index (χ4n) is 1.04. The highest BCUT2D eigenvalue weighted by molar-refractivity contribution is 6.71. The number of rotatable bonds is 5. The summed E-state index contributed by atoms with van der Waals surface area (Å²) in [6.45, 7) is 9.45. The first-order valence-electron chi connectivity index (χ1n) is 4.37. The van der Waals surface area contributed by atoms with E-state index in [9.17, 15) is 0 Å². The lowest BCUT2D eigenvalue weighted by Crippen LogP contribution is -2.32. The fourth-order valence-corrected chi connectivity index (χ4v) is 3.11. The Morgan fingerprint density at radius 2 is 2.00 bits per heavy atom. The zero-order chi connectivity index (χ0) is 8.91. The molecule has 11 heavy (non-hydrogen) atoms. The highest BCUT2D eigenvalue weighted by Gasteiger charge is 2.21.